The Morgan fingerprint density at radius 1 is 1.24 bits per heavy atom. The molecule has 1 aromatic carbocycles. The van der Waals surface area contributed by atoms with Crippen LogP contribution in [0.4, 0.5) is 5.69 Å². The Labute approximate surface area is 128 Å². The molecule has 2 heterocycles. The summed E-state index contributed by atoms with van der Waals surface area (Å²) in [4.78, 5) is 5.35. The molecule has 3 rings (SSSR count). The minimum Gasteiger partial charge on any atom is -0.496 e. The molecule has 0 N–H and O–H groups in total. The Balaban J connectivity index is 1.88. The molecule has 0 bridgehead atoms. The van der Waals surface area contributed by atoms with E-state index in [0.717, 1.165) is 11.8 Å². The largest absolute Gasteiger partial charge is 0.496 e. The number of aryl methyl sites for hydroxylation is 1. The molecule has 0 amide bonds. The molecule has 2 fully saturated rings. The van der Waals surface area contributed by atoms with E-state index in [1.54, 1.807) is 7.11 Å². The Kier molecular flexibility index (Phi) is 4.12. The van der Waals surface area contributed by atoms with Crippen molar-refractivity contribution in [2.24, 2.45) is 5.92 Å². The van der Waals surface area contributed by atoms with Crippen LogP contribution in [0.25, 0.3) is 0 Å². The number of fused-ring (bicyclic) bond motifs is 1. The molecule has 2 atom stereocenters. The van der Waals surface area contributed by atoms with E-state index in [9.17, 15) is 0 Å². The van der Waals surface area contributed by atoms with Gasteiger partial charge in [0.15, 0.2) is 0 Å². The van der Waals surface area contributed by atoms with Crippen molar-refractivity contribution in [3.8, 4) is 5.75 Å². The van der Waals surface area contributed by atoms with E-state index >= 15 is 0 Å². The highest BCUT2D eigenvalue weighted by atomic mass is 16.5. The van der Waals surface area contributed by atoms with Crippen LogP contribution in [-0.2, 0) is 0 Å². The first kappa shape index (κ1) is 14.7. The third-order valence-electron chi connectivity index (χ3n) is 5.21. The number of rotatable bonds is 3. The van der Waals surface area contributed by atoms with Crippen LogP contribution in [0.3, 0.4) is 0 Å². The maximum atomic E-state index is 5.40. The Bertz CT molecular complexity index is 500. The molecule has 116 valence electrons. The molecule has 21 heavy (non-hydrogen) atoms. The van der Waals surface area contributed by atoms with Gasteiger partial charge in [-0.2, -0.15) is 0 Å². The molecule has 0 radical (unpaired) electrons. The van der Waals surface area contributed by atoms with Gasteiger partial charge in [-0.15, -0.1) is 0 Å². The second kappa shape index (κ2) is 5.88. The second-order valence-electron chi connectivity index (χ2n) is 6.91. The first-order valence-corrected chi connectivity index (χ1v) is 8.25. The molecule has 0 saturated carbocycles. The van der Waals surface area contributed by atoms with Gasteiger partial charge in [0.1, 0.15) is 5.75 Å². The molecule has 0 aromatic heterocycles. The maximum Gasteiger partial charge on any atom is 0.121 e. The Hall–Kier alpha value is -1.22. The van der Waals surface area contributed by atoms with E-state index in [1.807, 2.05) is 0 Å². The van der Waals surface area contributed by atoms with Crippen molar-refractivity contribution in [1.29, 1.82) is 0 Å². The molecule has 0 spiro atoms. The molecule has 0 aliphatic carbocycles. The summed E-state index contributed by atoms with van der Waals surface area (Å²) < 4.78 is 5.40. The van der Waals surface area contributed by atoms with Crippen LogP contribution in [0, 0.1) is 12.8 Å². The maximum absolute atomic E-state index is 5.40. The molecule has 2 aliphatic heterocycles. The highest BCUT2D eigenvalue weighted by Gasteiger charge is 2.37. The predicted octanol–water partition coefficient (Wildman–Crippen LogP) is 3.31. The van der Waals surface area contributed by atoms with Crippen LogP contribution in [0.15, 0.2) is 18.2 Å². The van der Waals surface area contributed by atoms with Crippen LogP contribution in [0.2, 0.25) is 0 Å². The summed E-state index contributed by atoms with van der Waals surface area (Å²) in [5.41, 5.74) is 2.59. The van der Waals surface area contributed by atoms with E-state index in [2.05, 4.69) is 48.8 Å². The summed E-state index contributed by atoms with van der Waals surface area (Å²) >= 11 is 0. The van der Waals surface area contributed by atoms with E-state index in [4.69, 9.17) is 4.74 Å². The number of anilines is 1. The van der Waals surface area contributed by atoms with Gasteiger partial charge in [-0.25, -0.2) is 0 Å². The van der Waals surface area contributed by atoms with Gasteiger partial charge in [-0.3, -0.25) is 4.90 Å². The lowest BCUT2D eigenvalue weighted by Gasteiger charge is -2.47. The van der Waals surface area contributed by atoms with Gasteiger partial charge in [0.2, 0.25) is 0 Å². The van der Waals surface area contributed by atoms with Gasteiger partial charge in [0, 0.05) is 30.9 Å². The smallest absolute Gasteiger partial charge is 0.121 e. The van der Waals surface area contributed by atoms with E-state index in [-0.39, 0.29) is 0 Å². The Morgan fingerprint density at radius 2 is 2.05 bits per heavy atom. The number of ether oxygens (including phenoxy) is 1. The van der Waals surface area contributed by atoms with Gasteiger partial charge in [-0.1, -0.05) is 13.8 Å². The van der Waals surface area contributed by atoms with Crippen LogP contribution < -0.4 is 9.64 Å². The molecule has 2 unspecified atom stereocenters. The SMILES string of the molecule is COc1ccc(N2CC3CCCN3CC2C(C)C)cc1C. The number of hydrogen-bond donors (Lipinski definition) is 0. The lowest BCUT2D eigenvalue weighted by atomic mass is 9.96. The highest BCUT2D eigenvalue weighted by Crippen LogP contribution is 2.33. The first-order valence-electron chi connectivity index (χ1n) is 8.25. The summed E-state index contributed by atoms with van der Waals surface area (Å²) in [6.07, 6.45) is 2.72. The second-order valence-corrected chi connectivity index (χ2v) is 6.91. The zero-order valence-corrected chi connectivity index (χ0v) is 13.8. The fourth-order valence-corrected chi connectivity index (χ4v) is 3.95. The van der Waals surface area contributed by atoms with Gasteiger partial charge < -0.3 is 9.64 Å². The molecule has 2 saturated heterocycles. The summed E-state index contributed by atoms with van der Waals surface area (Å²) in [7, 11) is 1.75. The zero-order valence-electron chi connectivity index (χ0n) is 13.8. The fraction of sp³-hybridized carbons (Fsp3) is 0.667. The monoisotopic (exact) mass is 288 g/mol. The lowest BCUT2D eigenvalue weighted by Crippen LogP contribution is -2.58. The van der Waals surface area contributed by atoms with Gasteiger partial charge >= 0.3 is 0 Å². The Morgan fingerprint density at radius 3 is 2.71 bits per heavy atom. The minimum absolute atomic E-state index is 0.618. The average Bonchev–Trinajstić information content (AvgIpc) is 2.93. The van der Waals surface area contributed by atoms with Crippen LogP contribution in [0.5, 0.6) is 5.75 Å². The van der Waals surface area contributed by atoms with E-state index in [0.29, 0.717) is 12.0 Å². The lowest BCUT2D eigenvalue weighted by molar-refractivity contribution is 0.176. The summed E-state index contributed by atoms with van der Waals surface area (Å²) in [5.74, 6) is 1.66. The van der Waals surface area contributed by atoms with Crippen molar-refractivity contribution in [3.05, 3.63) is 23.8 Å². The molecular formula is C18H28N2O. The van der Waals surface area contributed by atoms with Crippen molar-refractivity contribution < 1.29 is 4.74 Å². The van der Waals surface area contributed by atoms with Gasteiger partial charge in [0.25, 0.3) is 0 Å². The molecule has 1 aromatic rings. The van der Waals surface area contributed by atoms with E-state index < -0.39 is 0 Å². The molecular weight excluding hydrogens is 260 g/mol. The average molecular weight is 288 g/mol. The number of benzene rings is 1. The predicted molar refractivity (Wildman–Crippen MR) is 88.3 cm³/mol. The number of piperazine rings is 1. The molecule has 3 heteroatoms. The number of hydrogen-bond acceptors (Lipinski definition) is 3. The summed E-state index contributed by atoms with van der Waals surface area (Å²) in [6.45, 7) is 10.5. The molecule has 3 nitrogen and oxygen atoms in total. The van der Waals surface area contributed by atoms with Gasteiger partial charge in [0.05, 0.1) is 7.11 Å². The van der Waals surface area contributed by atoms with Crippen molar-refractivity contribution in [2.75, 3.05) is 31.6 Å². The zero-order chi connectivity index (χ0) is 15.0. The summed E-state index contributed by atoms with van der Waals surface area (Å²) in [6, 6.07) is 8.00. The first-order chi connectivity index (χ1) is 10.1. The minimum atomic E-state index is 0.618. The van der Waals surface area contributed by atoms with Gasteiger partial charge in [-0.05, 0) is 56.0 Å². The van der Waals surface area contributed by atoms with Crippen molar-refractivity contribution in [1.82, 2.24) is 4.90 Å². The third kappa shape index (κ3) is 2.76. The van der Waals surface area contributed by atoms with Crippen molar-refractivity contribution >= 4 is 5.69 Å². The quantitative estimate of drug-likeness (QED) is 0.848. The van der Waals surface area contributed by atoms with Crippen LogP contribution in [0.1, 0.15) is 32.3 Å². The van der Waals surface area contributed by atoms with Crippen LogP contribution in [-0.4, -0.2) is 43.7 Å². The molecule has 2 aliphatic rings. The van der Waals surface area contributed by atoms with E-state index in [1.165, 1.54) is 43.7 Å². The fourth-order valence-electron chi connectivity index (χ4n) is 3.95. The highest BCUT2D eigenvalue weighted by molar-refractivity contribution is 5.54. The number of methoxy groups -OCH3 is 1. The summed E-state index contributed by atoms with van der Waals surface area (Å²) in [5, 5.41) is 0. The van der Waals surface area contributed by atoms with Crippen LogP contribution >= 0.6 is 0 Å². The number of nitrogens with zero attached hydrogens (tertiary/aromatic N) is 2. The normalized spacial score (nSPS) is 26.2. The topological polar surface area (TPSA) is 15.7 Å². The van der Waals surface area contributed by atoms with Crippen molar-refractivity contribution in [3.63, 3.8) is 0 Å². The third-order valence-corrected chi connectivity index (χ3v) is 5.21. The standard InChI is InChI=1S/C18H28N2O/c1-13(2)17-12-19-9-5-6-16(19)11-20(17)15-7-8-18(21-4)14(3)10-15/h7-8,10,13,16-17H,5-6,9,11-12H2,1-4H3. The van der Waals surface area contributed by atoms with Crippen molar-refractivity contribution in [2.45, 2.75) is 45.7 Å².